The maximum absolute atomic E-state index is 15.0. The molecule has 0 radical (unpaired) electrons. The number of rotatable bonds is 7. The number of aromatic nitrogens is 2. The molecule has 0 saturated heterocycles. The summed E-state index contributed by atoms with van der Waals surface area (Å²) in [5.74, 6) is -2.16. The van der Waals surface area contributed by atoms with Crippen LogP contribution in [0.2, 0.25) is 0 Å². The van der Waals surface area contributed by atoms with Gasteiger partial charge in [0.25, 0.3) is 5.56 Å². The second-order valence-corrected chi connectivity index (χ2v) is 9.40. The van der Waals surface area contributed by atoms with Crippen LogP contribution in [0, 0.1) is 11.7 Å². The van der Waals surface area contributed by atoms with E-state index in [1.54, 1.807) is 17.6 Å². The first-order valence-corrected chi connectivity index (χ1v) is 11.8. The van der Waals surface area contributed by atoms with Crippen molar-refractivity contribution in [3.05, 3.63) is 38.8 Å². The van der Waals surface area contributed by atoms with Crippen molar-refractivity contribution in [2.45, 2.75) is 89.8 Å². The number of hydrogen-bond acceptors (Lipinski definition) is 4. The number of nitrogens with one attached hydrogen (secondary N) is 1. The summed E-state index contributed by atoms with van der Waals surface area (Å²) < 4.78 is 17.8. The highest BCUT2D eigenvalue weighted by molar-refractivity contribution is 5.82. The van der Waals surface area contributed by atoms with E-state index in [1.165, 1.54) is 12.5 Å². The first kappa shape index (κ1) is 22.6. The van der Waals surface area contributed by atoms with E-state index in [9.17, 15) is 19.5 Å². The number of hydrogen-bond donors (Lipinski definition) is 2. The predicted molar refractivity (Wildman–Crippen MR) is 122 cm³/mol. The van der Waals surface area contributed by atoms with Crippen LogP contribution in [-0.4, -0.2) is 26.3 Å². The lowest BCUT2D eigenvalue weighted by Crippen LogP contribution is -2.41. The van der Waals surface area contributed by atoms with E-state index in [1.807, 2.05) is 0 Å². The minimum atomic E-state index is -0.973. The van der Waals surface area contributed by atoms with Crippen LogP contribution in [0.15, 0.2) is 21.7 Å². The van der Waals surface area contributed by atoms with Crippen molar-refractivity contribution in [2.24, 2.45) is 5.92 Å². The van der Waals surface area contributed by atoms with Gasteiger partial charge in [-0.3, -0.25) is 18.7 Å². The average molecular weight is 446 g/mol. The Hall–Kier alpha value is -2.64. The molecule has 1 atom stereocenters. The molecule has 2 aliphatic rings. The Morgan fingerprint density at radius 2 is 1.78 bits per heavy atom. The van der Waals surface area contributed by atoms with Gasteiger partial charge in [-0.05, 0) is 44.2 Å². The zero-order valence-corrected chi connectivity index (χ0v) is 18.6. The second kappa shape index (κ2) is 9.46. The molecule has 4 rings (SSSR count). The van der Waals surface area contributed by atoms with Gasteiger partial charge in [0.15, 0.2) is 0 Å². The lowest BCUT2D eigenvalue weighted by molar-refractivity contribution is -0.141. The standard InChI is InChI=1S/C24H32FN3O4/c1-15(23(30)31)11-12-27-22(29)18-13-19(25)20(26-16-7-3-2-4-8-16)14-21(18)28(24(27)32)17-9-5-6-10-17/h13-17,26H,2-12H2,1H3,(H,30,31). The van der Waals surface area contributed by atoms with Gasteiger partial charge in [-0.2, -0.15) is 0 Å². The summed E-state index contributed by atoms with van der Waals surface area (Å²) >= 11 is 0. The van der Waals surface area contributed by atoms with Gasteiger partial charge in [0, 0.05) is 18.6 Å². The van der Waals surface area contributed by atoms with Gasteiger partial charge in [0.1, 0.15) is 5.82 Å². The minimum absolute atomic E-state index is 0.00249. The van der Waals surface area contributed by atoms with Crippen LogP contribution in [0.4, 0.5) is 10.1 Å². The molecule has 1 unspecified atom stereocenters. The van der Waals surface area contributed by atoms with Crippen molar-refractivity contribution in [2.75, 3.05) is 5.32 Å². The molecule has 2 saturated carbocycles. The Morgan fingerprint density at radius 3 is 2.44 bits per heavy atom. The molecule has 1 aromatic carbocycles. The van der Waals surface area contributed by atoms with Gasteiger partial charge in [-0.15, -0.1) is 0 Å². The van der Waals surface area contributed by atoms with Crippen molar-refractivity contribution in [3.63, 3.8) is 0 Å². The van der Waals surface area contributed by atoms with Crippen LogP contribution in [0.5, 0.6) is 0 Å². The molecule has 2 N–H and O–H groups in total. The molecule has 2 aromatic rings. The van der Waals surface area contributed by atoms with E-state index in [-0.39, 0.29) is 30.4 Å². The third kappa shape index (κ3) is 4.45. The smallest absolute Gasteiger partial charge is 0.331 e. The molecular weight excluding hydrogens is 413 g/mol. The number of halogens is 1. The number of carboxylic acids is 1. The number of carbonyl (C=O) groups is 1. The molecule has 32 heavy (non-hydrogen) atoms. The van der Waals surface area contributed by atoms with E-state index in [0.29, 0.717) is 11.2 Å². The molecule has 8 heteroatoms. The summed E-state index contributed by atoms with van der Waals surface area (Å²) in [5, 5.41) is 12.6. The number of nitrogens with zero attached hydrogens (tertiary/aromatic N) is 2. The molecule has 2 aliphatic carbocycles. The molecule has 7 nitrogen and oxygen atoms in total. The minimum Gasteiger partial charge on any atom is -0.481 e. The number of fused-ring (bicyclic) bond motifs is 1. The third-order valence-corrected chi connectivity index (χ3v) is 7.12. The van der Waals surface area contributed by atoms with Crippen LogP contribution in [0.3, 0.4) is 0 Å². The Bertz CT molecular complexity index is 1110. The Balaban J connectivity index is 1.81. The summed E-state index contributed by atoms with van der Waals surface area (Å²) in [5.41, 5.74) is -0.177. The van der Waals surface area contributed by atoms with Gasteiger partial charge in [-0.1, -0.05) is 39.0 Å². The SMILES string of the molecule is CC(CCn1c(=O)c2cc(F)c(NC3CCCCC3)cc2n(C2CCCC2)c1=O)C(=O)O. The largest absolute Gasteiger partial charge is 0.481 e. The summed E-state index contributed by atoms with van der Waals surface area (Å²) in [6, 6.07) is 3.03. The van der Waals surface area contributed by atoms with Gasteiger partial charge < -0.3 is 10.4 Å². The van der Waals surface area contributed by atoms with E-state index >= 15 is 4.39 Å². The summed E-state index contributed by atoms with van der Waals surface area (Å²) in [7, 11) is 0. The quantitative estimate of drug-likeness (QED) is 0.664. The maximum Gasteiger partial charge on any atom is 0.331 e. The van der Waals surface area contributed by atoms with E-state index in [0.717, 1.165) is 55.9 Å². The first-order valence-electron chi connectivity index (χ1n) is 11.8. The van der Waals surface area contributed by atoms with Crippen molar-refractivity contribution in [3.8, 4) is 0 Å². The van der Waals surface area contributed by atoms with Gasteiger partial charge in [-0.25, -0.2) is 9.18 Å². The zero-order chi connectivity index (χ0) is 22.8. The average Bonchev–Trinajstić information content (AvgIpc) is 3.30. The van der Waals surface area contributed by atoms with Crippen molar-refractivity contribution in [1.29, 1.82) is 0 Å². The predicted octanol–water partition coefficient (Wildman–Crippen LogP) is 4.27. The van der Waals surface area contributed by atoms with E-state index in [4.69, 9.17) is 0 Å². The molecular formula is C24H32FN3O4. The van der Waals surface area contributed by atoms with Gasteiger partial charge in [0.2, 0.25) is 0 Å². The van der Waals surface area contributed by atoms with Gasteiger partial charge in [0.05, 0.1) is 22.5 Å². The third-order valence-electron chi connectivity index (χ3n) is 7.12. The highest BCUT2D eigenvalue weighted by atomic mass is 19.1. The lowest BCUT2D eigenvalue weighted by atomic mass is 9.95. The molecule has 0 bridgehead atoms. The molecule has 2 fully saturated rings. The highest BCUT2D eigenvalue weighted by Crippen LogP contribution is 2.32. The van der Waals surface area contributed by atoms with Crippen LogP contribution >= 0.6 is 0 Å². The summed E-state index contributed by atoms with van der Waals surface area (Å²) in [6.45, 7) is 1.55. The van der Waals surface area contributed by atoms with Crippen LogP contribution in [-0.2, 0) is 11.3 Å². The highest BCUT2D eigenvalue weighted by Gasteiger charge is 2.25. The lowest BCUT2D eigenvalue weighted by Gasteiger charge is -2.25. The fourth-order valence-corrected chi connectivity index (χ4v) is 5.13. The van der Waals surface area contributed by atoms with Gasteiger partial charge >= 0.3 is 11.7 Å². The van der Waals surface area contributed by atoms with Crippen LogP contribution in [0.25, 0.3) is 10.9 Å². The Labute approximate surface area is 186 Å². The molecule has 0 amide bonds. The monoisotopic (exact) mass is 445 g/mol. The van der Waals surface area contributed by atoms with Crippen LogP contribution < -0.4 is 16.6 Å². The summed E-state index contributed by atoms with van der Waals surface area (Å²) in [4.78, 5) is 37.8. The number of carboxylic acid groups (broad SMARTS) is 1. The fraction of sp³-hybridized carbons (Fsp3) is 0.625. The van der Waals surface area contributed by atoms with Crippen molar-refractivity contribution >= 4 is 22.6 Å². The molecule has 174 valence electrons. The van der Waals surface area contributed by atoms with Crippen molar-refractivity contribution in [1.82, 2.24) is 9.13 Å². The molecule has 1 aromatic heterocycles. The first-order chi connectivity index (χ1) is 15.4. The molecule has 1 heterocycles. The van der Waals surface area contributed by atoms with E-state index in [2.05, 4.69) is 5.32 Å². The maximum atomic E-state index is 15.0. The van der Waals surface area contributed by atoms with Crippen molar-refractivity contribution < 1.29 is 14.3 Å². The van der Waals surface area contributed by atoms with Crippen LogP contribution in [0.1, 0.15) is 77.2 Å². The number of benzene rings is 1. The summed E-state index contributed by atoms with van der Waals surface area (Å²) in [6.07, 6.45) is 9.21. The fourth-order valence-electron chi connectivity index (χ4n) is 5.13. The number of aliphatic carboxylic acids is 1. The topological polar surface area (TPSA) is 93.3 Å². The Kier molecular flexibility index (Phi) is 6.67. The Morgan fingerprint density at radius 1 is 1.12 bits per heavy atom. The molecule has 0 aliphatic heterocycles. The molecule has 0 spiro atoms. The van der Waals surface area contributed by atoms with E-state index < -0.39 is 29.0 Å². The normalized spacial score (nSPS) is 18.8. The second-order valence-electron chi connectivity index (χ2n) is 9.40. The number of anilines is 1. The zero-order valence-electron chi connectivity index (χ0n) is 18.6.